The molecule has 1 aliphatic carbocycles. The first-order valence-corrected chi connectivity index (χ1v) is 12.7. The number of rotatable bonds is 5. The third kappa shape index (κ3) is 5.03. The van der Waals surface area contributed by atoms with Crippen LogP contribution in [-0.2, 0) is 35.2 Å². The summed E-state index contributed by atoms with van der Waals surface area (Å²) in [6.45, 7) is 4.02. The van der Waals surface area contributed by atoms with Gasteiger partial charge in [0.1, 0.15) is 12.4 Å². The minimum absolute atomic E-state index is 0.0417. The maximum Gasteiger partial charge on any atom is 0.416 e. The van der Waals surface area contributed by atoms with Crippen molar-refractivity contribution < 1.29 is 32.2 Å². The van der Waals surface area contributed by atoms with Gasteiger partial charge in [0.05, 0.1) is 24.1 Å². The van der Waals surface area contributed by atoms with Gasteiger partial charge in [-0.2, -0.15) is 13.2 Å². The van der Waals surface area contributed by atoms with E-state index in [1.807, 2.05) is 38.1 Å². The molecule has 0 saturated carbocycles. The second-order valence-corrected chi connectivity index (χ2v) is 9.97. The summed E-state index contributed by atoms with van der Waals surface area (Å²) in [4.78, 5) is 26.6. The summed E-state index contributed by atoms with van der Waals surface area (Å²) in [7, 11) is 1.62. The van der Waals surface area contributed by atoms with Gasteiger partial charge in [0, 0.05) is 16.6 Å². The highest BCUT2D eigenvalue weighted by Gasteiger charge is 2.34. The Labute approximate surface area is 224 Å². The van der Waals surface area contributed by atoms with E-state index in [0.29, 0.717) is 24.8 Å². The molecule has 0 bridgehead atoms. The molecule has 1 aromatic heterocycles. The molecule has 202 valence electrons. The number of carbonyl (C=O) groups excluding carboxylic acids is 2. The lowest BCUT2D eigenvalue weighted by atomic mass is 9.86. The highest BCUT2D eigenvalue weighted by atomic mass is 19.4. The number of ether oxygens (including phenoxy) is 2. The molecule has 0 fully saturated rings. The van der Waals surface area contributed by atoms with Gasteiger partial charge in [-0.15, -0.1) is 0 Å². The van der Waals surface area contributed by atoms with Crippen molar-refractivity contribution in [3.8, 4) is 5.75 Å². The third-order valence-corrected chi connectivity index (χ3v) is 7.35. The number of alkyl halides is 3. The summed E-state index contributed by atoms with van der Waals surface area (Å²) in [5, 5.41) is 0.812. The zero-order chi connectivity index (χ0) is 27.9. The molecule has 0 spiro atoms. The van der Waals surface area contributed by atoms with Gasteiger partial charge in [0.15, 0.2) is 0 Å². The highest BCUT2D eigenvalue weighted by Crippen LogP contribution is 2.36. The van der Waals surface area contributed by atoms with Gasteiger partial charge in [-0.25, -0.2) is 0 Å². The summed E-state index contributed by atoms with van der Waals surface area (Å²) in [6, 6.07) is 15.6. The van der Waals surface area contributed by atoms with Gasteiger partial charge in [-0.05, 0) is 91.8 Å². The van der Waals surface area contributed by atoms with Crippen molar-refractivity contribution in [2.45, 2.75) is 45.9 Å². The molecule has 39 heavy (non-hydrogen) atoms. The SMILES string of the molecule is COc1c(C)cc(COC(=O)C2CCc3c(c4ccccc4n3C(=O)c3cccc(C(F)(F)F)c3)C2)cc1C. The van der Waals surface area contributed by atoms with Crippen LogP contribution in [-0.4, -0.2) is 23.6 Å². The summed E-state index contributed by atoms with van der Waals surface area (Å²) < 4.78 is 52.5. The van der Waals surface area contributed by atoms with E-state index in [1.54, 1.807) is 19.2 Å². The first-order chi connectivity index (χ1) is 18.6. The Morgan fingerprint density at radius 2 is 1.72 bits per heavy atom. The van der Waals surface area contributed by atoms with Crippen molar-refractivity contribution in [1.29, 1.82) is 0 Å². The molecule has 0 amide bonds. The van der Waals surface area contributed by atoms with E-state index < -0.39 is 17.6 Å². The number of aromatic nitrogens is 1. The van der Waals surface area contributed by atoms with E-state index >= 15 is 0 Å². The predicted molar refractivity (Wildman–Crippen MR) is 141 cm³/mol. The summed E-state index contributed by atoms with van der Waals surface area (Å²) in [6.07, 6.45) is -3.27. The van der Waals surface area contributed by atoms with Crippen LogP contribution >= 0.6 is 0 Å². The first-order valence-electron chi connectivity index (χ1n) is 12.7. The Bertz CT molecular complexity index is 1560. The number of halogens is 3. The molecule has 0 aliphatic heterocycles. The number of methoxy groups -OCH3 is 1. The molecule has 3 aromatic carbocycles. The quantitative estimate of drug-likeness (QED) is 0.263. The number of nitrogens with zero attached hydrogens (tertiary/aromatic N) is 1. The van der Waals surface area contributed by atoms with Crippen LogP contribution in [0.25, 0.3) is 10.9 Å². The highest BCUT2D eigenvalue weighted by molar-refractivity contribution is 6.04. The number of benzene rings is 3. The second-order valence-electron chi connectivity index (χ2n) is 9.97. The lowest BCUT2D eigenvalue weighted by molar-refractivity contribution is -0.150. The van der Waals surface area contributed by atoms with Crippen LogP contribution in [0.2, 0.25) is 0 Å². The number of esters is 1. The van der Waals surface area contributed by atoms with Gasteiger partial charge in [-0.3, -0.25) is 14.2 Å². The Morgan fingerprint density at radius 3 is 2.41 bits per heavy atom. The molecule has 5 nitrogen and oxygen atoms in total. The summed E-state index contributed by atoms with van der Waals surface area (Å²) >= 11 is 0. The van der Waals surface area contributed by atoms with Gasteiger partial charge in [0.2, 0.25) is 0 Å². The van der Waals surface area contributed by atoms with E-state index in [1.165, 1.54) is 16.7 Å². The van der Waals surface area contributed by atoms with Crippen LogP contribution in [0, 0.1) is 19.8 Å². The van der Waals surface area contributed by atoms with Gasteiger partial charge < -0.3 is 9.47 Å². The zero-order valence-corrected chi connectivity index (χ0v) is 21.9. The molecular formula is C31H28F3NO4. The minimum atomic E-state index is -4.55. The van der Waals surface area contributed by atoms with Crippen LogP contribution in [0.15, 0.2) is 60.7 Å². The molecule has 8 heteroatoms. The second kappa shape index (κ2) is 10.2. The molecule has 0 saturated heterocycles. The minimum Gasteiger partial charge on any atom is -0.496 e. The van der Waals surface area contributed by atoms with Crippen molar-refractivity contribution >= 4 is 22.8 Å². The zero-order valence-electron chi connectivity index (χ0n) is 21.9. The fraction of sp³-hybridized carbons (Fsp3) is 0.290. The Hall–Kier alpha value is -4.07. The van der Waals surface area contributed by atoms with Crippen molar-refractivity contribution in [3.05, 3.63) is 99.7 Å². The van der Waals surface area contributed by atoms with Crippen LogP contribution in [0.3, 0.4) is 0 Å². The van der Waals surface area contributed by atoms with Crippen molar-refractivity contribution in [1.82, 2.24) is 4.57 Å². The van der Waals surface area contributed by atoms with Crippen molar-refractivity contribution in [3.63, 3.8) is 0 Å². The van der Waals surface area contributed by atoms with E-state index in [-0.39, 0.29) is 24.1 Å². The largest absolute Gasteiger partial charge is 0.496 e. The lowest BCUT2D eigenvalue weighted by Gasteiger charge is -2.23. The normalized spacial score (nSPS) is 15.2. The molecule has 0 N–H and O–H groups in total. The number of carbonyl (C=O) groups is 2. The third-order valence-electron chi connectivity index (χ3n) is 7.35. The number of hydrogen-bond acceptors (Lipinski definition) is 4. The monoisotopic (exact) mass is 535 g/mol. The van der Waals surface area contributed by atoms with E-state index in [9.17, 15) is 22.8 Å². The summed E-state index contributed by atoms with van der Waals surface area (Å²) in [5.74, 6) is -0.417. The average molecular weight is 536 g/mol. The average Bonchev–Trinajstić information content (AvgIpc) is 3.24. The summed E-state index contributed by atoms with van der Waals surface area (Å²) in [5.41, 5.74) is 4.08. The standard InChI is InChI=1S/C31H28F3NO4/c1-18-13-20(14-19(2)28(18)38-3)17-39-30(37)22-11-12-27-25(16-22)24-9-4-5-10-26(24)35(27)29(36)21-7-6-8-23(15-21)31(32,33)34/h4-10,13-15,22H,11-12,16-17H2,1-3H3. The predicted octanol–water partition coefficient (Wildman–Crippen LogP) is 6.82. The van der Waals surface area contributed by atoms with Crippen LogP contribution in [0.5, 0.6) is 5.75 Å². The molecule has 1 atom stereocenters. The molecule has 5 rings (SSSR count). The number of hydrogen-bond donors (Lipinski definition) is 0. The smallest absolute Gasteiger partial charge is 0.416 e. The van der Waals surface area contributed by atoms with Gasteiger partial charge in [0.25, 0.3) is 5.91 Å². The molecule has 4 aromatic rings. The van der Waals surface area contributed by atoms with Crippen LogP contribution in [0.4, 0.5) is 13.2 Å². The van der Waals surface area contributed by atoms with E-state index in [2.05, 4.69) is 0 Å². The van der Waals surface area contributed by atoms with Crippen molar-refractivity contribution in [2.24, 2.45) is 5.92 Å². The van der Waals surface area contributed by atoms with Crippen LogP contribution < -0.4 is 4.74 Å². The van der Waals surface area contributed by atoms with Crippen molar-refractivity contribution in [2.75, 3.05) is 7.11 Å². The van der Waals surface area contributed by atoms with Gasteiger partial charge >= 0.3 is 12.1 Å². The van der Waals surface area contributed by atoms with Gasteiger partial charge in [-0.1, -0.05) is 24.3 Å². The molecule has 0 radical (unpaired) electrons. The molecule has 1 unspecified atom stereocenters. The maximum atomic E-state index is 13.5. The number of aryl methyl sites for hydroxylation is 2. The van der Waals surface area contributed by atoms with E-state index in [4.69, 9.17) is 9.47 Å². The van der Waals surface area contributed by atoms with E-state index in [0.717, 1.165) is 51.2 Å². The Balaban J connectivity index is 1.40. The number of para-hydroxylation sites is 1. The topological polar surface area (TPSA) is 57.5 Å². The molecule has 1 heterocycles. The fourth-order valence-electron chi connectivity index (χ4n) is 5.62. The Morgan fingerprint density at radius 1 is 1.00 bits per heavy atom. The Kier molecular flexibility index (Phi) is 6.97. The molecular weight excluding hydrogens is 507 g/mol. The first kappa shape index (κ1) is 26.5. The van der Waals surface area contributed by atoms with Crippen LogP contribution in [0.1, 0.15) is 50.3 Å². The molecule has 1 aliphatic rings. The maximum absolute atomic E-state index is 13.5. The number of fused-ring (bicyclic) bond motifs is 3. The fourth-order valence-corrected chi connectivity index (χ4v) is 5.62. The lowest BCUT2D eigenvalue weighted by Crippen LogP contribution is -2.26.